The highest BCUT2D eigenvalue weighted by Gasteiger charge is 2.44. The van der Waals surface area contributed by atoms with Crippen LogP contribution < -0.4 is 41.6 Å². The van der Waals surface area contributed by atoms with Crippen LogP contribution in [0.15, 0.2) is 79.1 Å². The van der Waals surface area contributed by atoms with Crippen LogP contribution in [0.1, 0.15) is 154 Å². The van der Waals surface area contributed by atoms with Gasteiger partial charge in [0.15, 0.2) is 29.8 Å². The van der Waals surface area contributed by atoms with Crippen LogP contribution in [-0.4, -0.2) is 165 Å². The number of hydrogen-bond acceptors (Lipinski definition) is 14. The first-order valence-electron chi connectivity index (χ1n) is 35.9. The van der Waals surface area contributed by atoms with Crippen LogP contribution in [0.4, 0.5) is 28.0 Å². The van der Waals surface area contributed by atoms with E-state index in [9.17, 15) is 65.5 Å². The molecular weight excluding hydrogens is 1350 g/mol. The number of esters is 1. The lowest BCUT2D eigenvalue weighted by Gasteiger charge is -2.41. The number of ether oxygens (including phenoxy) is 3. The van der Waals surface area contributed by atoms with Crippen LogP contribution >= 0.6 is 0 Å². The number of benzene rings is 3. The second-order valence-corrected chi connectivity index (χ2v) is 28.6. The number of ketones is 2. The molecule has 1 fully saturated rings. The molecule has 11 atom stereocenters. The number of nitrogens with two attached hydrogens (primary N) is 1. The summed E-state index contributed by atoms with van der Waals surface area (Å²) in [4.78, 5) is 143. The Bertz CT molecular complexity index is 3530. The molecule has 23 nitrogen and oxygen atoms in total. The maximum absolute atomic E-state index is 14.7. The van der Waals surface area contributed by atoms with Crippen LogP contribution in [0.2, 0.25) is 0 Å². The molecule has 27 heteroatoms. The maximum atomic E-state index is 14.7. The number of anilines is 1. The minimum Gasteiger partial charge on any atom is -0.416 e. The number of rotatable bonds is 41. The molecule has 1 saturated heterocycles. The number of urea groups is 1. The molecule has 0 aliphatic carbocycles. The van der Waals surface area contributed by atoms with Gasteiger partial charge < -0.3 is 56.3 Å². The summed E-state index contributed by atoms with van der Waals surface area (Å²) in [6, 6.07) is 14.5. The smallest absolute Gasteiger partial charge is 0.344 e. The van der Waals surface area contributed by atoms with Crippen LogP contribution in [0.5, 0.6) is 5.75 Å². The van der Waals surface area contributed by atoms with Crippen molar-refractivity contribution >= 4 is 64.7 Å². The van der Waals surface area contributed by atoms with Crippen molar-refractivity contribution in [2.24, 2.45) is 47.2 Å². The summed E-state index contributed by atoms with van der Waals surface area (Å²) in [6.07, 6.45) is 3.69. The second kappa shape index (κ2) is 41.1. The molecule has 5 rings (SSSR count). The van der Waals surface area contributed by atoms with Crippen LogP contribution in [0, 0.1) is 71.6 Å². The SMILES string of the molecule is CC[C@H](C)[C@@H]([C@@H](CC(=O)N1CCC[C@H]1[C@H](OC)[C@@H](C)C(=O)C[C@@H](Cc1ccccc1)C(=O)NCc1ccc(NC(=O)[C@H](CCCNC(N)=O)CC(=O)[C@@H](NC(=O)CCC[n+]2ccc(C(=O)Oc3c(F)c(F)c(C)c(F)c3F)cc2)C(C)C)cc1)OC)N(C)C(=O)[C@@H](NC(=O)[C@H](C(C)C)N(C)C)C(C)C. The quantitative estimate of drug-likeness (QED) is 0.00605. The van der Waals surface area contributed by atoms with Gasteiger partial charge in [-0.25, -0.2) is 22.9 Å². The number of aryl methyl sites for hydroxylation is 1. The van der Waals surface area contributed by atoms with Gasteiger partial charge >= 0.3 is 12.0 Å². The minimum atomic E-state index is -1.86. The molecule has 0 radical (unpaired) electrons. The summed E-state index contributed by atoms with van der Waals surface area (Å²) in [5, 5.41) is 14.2. The first-order chi connectivity index (χ1) is 49.1. The van der Waals surface area contributed by atoms with Crippen molar-refractivity contribution in [3.63, 3.8) is 0 Å². The fourth-order valence-electron chi connectivity index (χ4n) is 13.6. The zero-order valence-electron chi connectivity index (χ0n) is 62.9. The lowest BCUT2D eigenvalue weighted by atomic mass is 9.85. The summed E-state index contributed by atoms with van der Waals surface area (Å²) in [5.74, 6) is -15.9. The van der Waals surface area contributed by atoms with E-state index >= 15 is 0 Å². The molecule has 0 spiro atoms. The number of aromatic nitrogens is 1. The Labute approximate surface area is 609 Å². The minimum absolute atomic E-state index is 0.0133. The maximum Gasteiger partial charge on any atom is 0.344 e. The van der Waals surface area contributed by atoms with Gasteiger partial charge in [0.2, 0.25) is 52.8 Å². The zero-order valence-corrected chi connectivity index (χ0v) is 62.9. The van der Waals surface area contributed by atoms with Gasteiger partial charge in [0.1, 0.15) is 18.4 Å². The molecular formula is C77H109F4N10O13+. The molecule has 572 valence electrons. The number of pyridine rings is 1. The predicted octanol–water partition coefficient (Wildman–Crippen LogP) is 8.72. The fraction of sp³-hybridized carbons (Fsp3) is 0.571. The Kier molecular flexibility index (Phi) is 34.0. The van der Waals surface area contributed by atoms with E-state index in [0.717, 1.165) is 12.5 Å². The second-order valence-electron chi connectivity index (χ2n) is 28.6. The normalized spacial score (nSPS) is 16.0. The van der Waals surface area contributed by atoms with E-state index in [0.29, 0.717) is 37.1 Å². The van der Waals surface area contributed by atoms with Gasteiger partial charge in [-0.15, -0.1) is 0 Å². The molecule has 3 aromatic carbocycles. The molecule has 0 saturated carbocycles. The molecule has 7 N–H and O–H groups in total. The van der Waals surface area contributed by atoms with E-state index in [1.54, 1.807) is 66.5 Å². The van der Waals surface area contributed by atoms with E-state index in [2.05, 4.69) is 31.3 Å². The van der Waals surface area contributed by atoms with E-state index in [1.807, 2.05) is 90.9 Å². The van der Waals surface area contributed by atoms with Crippen LogP contribution in [0.25, 0.3) is 0 Å². The molecule has 0 unspecified atom stereocenters. The number of methoxy groups -OCH3 is 2. The first kappa shape index (κ1) is 86.0. The van der Waals surface area contributed by atoms with Gasteiger partial charge in [-0.1, -0.05) is 111 Å². The lowest BCUT2D eigenvalue weighted by Crippen LogP contribution is -2.59. The number of carbonyl (C=O) groups excluding carboxylic acids is 10. The number of hydrogen-bond donors (Lipinski definition) is 6. The number of nitrogens with zero attached hydrogens (tertiary/aromatic N) is 4. The van der Waals surface area contributed by atoms with Crippen molar-refractivity contribution < 1.29 is 84.3 Å². The van der Waals surface area contributed by atoms with E-state index in [-0.39, 0.29) is 124 Å². The van der Waals surface area contributed by atoms with Crippen molar-refractivity contribution in [1.29, 1.82) is 0 Å². The predicted molar refractivity (Wildman–Crippen MR) is 384 cm³/mol. The third kappa shape index (κ3) is 24.2. The highest BCUT2D eigenvalue weighted by molar-refractivity contribution is 5.98. The number of amides is 8. The number of primary amides is 1. The molecule has 4 aromatic rings. The Morgan fingerprint density at radius 2 is 1.30 bits per heavy atom. The monoisotopic (exact) mass is 1460 g/mol. The van der Waals surface area contributed by atoms with Gasteiger partial charge in [-0.2, -0.15) is 8.78 Å². The summed E-state index contributed by atoms with van der Waals surface area (Å²) >= 11 is 0. The first-order valence-corrected chi connectivity index (χ1v) is 35.9. The Morgan fingerprint density at radius 3 is 1.86 bits per heavy atom. The van der Waals surface area contributed by atoms with Gasteiger partial charge in [0.05, 0.1) is 48.4 Å². The Hall–Kier alpha value is -8.69. The van der Waals surface area contributed by atoms with Gasteiger partial charge in [0, 0.05) is 108 Å². The molecule has 1 aliphatic rings. The number of likely N-dealkylation sites (N-methyl/N-ethyl adjacent to an activating group) is 2. The number of halogens is 4. The number of carbonyl (C=O) groups is 10. The highest BCUT2D eigenvalue weighted by Crippen LogP contribution is 2.33. The van der Waals surface area contributed by atoms with Crippen LogP contribution in [-0.2, 0) is 67.3 Å². The van der Waals surface area contributed by atoms with Crippen molar-refractivity contribution in [2.75, 3.05) is 53.8 Å². The summed E-state index contributed by atoms with van der Waals surface area (Å²) < 4.78 is 75.4. The average Bonchev–Trinajstić information content (AvgIpc) is 1.04. The van der Waals surface area contributed by atoms with E-state index in [1.165, 1.54) is 38.7 Å². The Morgan fingerprint density at radius 1 is 0.683 bits per heavy atom. The Balaban J connectivity index is 1.20. The van der Waals surface area contributed by atoms with Gasteiger partial charge in [-0.05, 0) is 100 Å². The van der Waals surface area contributed by atoms with Gasteiger partial charge in [-0.3, -0.25) is 43.3 Å². The third-order valence-electron chi connectivity index (χ3n) is 19.6. The number of Topliss-reactive ketones (excluding diaryl/α,β-unsaturated/α-hetero) is 2. The van der Waals surface area contributed by atoms with E-state index < -0.39 is 130 Å². The van der Waals surface area contributed by atoms with E-state index in [4.69, 9.17) is 15.2 Å². The molecule has 104 heavy (non-hydrogen) atoms. The molecule has 0 bridgehead atoms. The van der Waals surface area contributed by atoms with Crippen molar-refractivity contribution in [3.8, 4) is 5.75 Å². The van der Waals surface area contributed by atoms with Crippen molar-refractivity contribution in [2.45, 2.75) is 195 Å². The summed E-state index contributed by atoms with van der Waals surface area (Å²) in [7, 11) is 8.40. The van der Waals surface area contributed by atoms with Crippen molar-refractivity contribution in [3.05, 3.63) is 125 Å². The lowest BCUT2D eigenvalue weighted by molar-refractivity contribution is -0.697. The topological polar surface area (TPSA) is 298 Å². The summed E-state index contributed by atoms with van der Waals surface area (Å²) in [6.45, 7) is 18.6. The standard InChI is InChI=1S/C77H108F4N10O13/c1-16-47(8)69(89(13)75(99)67(45(4)5)87-74(98)68(46(6)7)88(11)12)59(102-14)42-61(95)91-36-21-26-56(91)70(103-15)48(9)57(92)41-54(39-50-23-18-17-19-24-50)72(96)84-43-51-28-30-55(31-29-51)85-73(97)53(25-20-34-83-77(82)101)40-58(93)66(44(2)3)86-60(94)27-22-35-90-37-32-52(33-38-90)76(100)104-71-64(80)62(78)49(10)63(79)65(71)81/h17-19,23-24,28-33,37-38,44-48,53-54,56,59,66-70H,16,20-22,25-27,34-36,39-43H2,1-15H3,(H6-,82,83,84,85,86,87,94,96,97,98,101)/p+1/t47-,48-,53+,54+,56-,59+,66-,67-,68-,69-,70+/m0/s1. The number of likely N-dealkylation sites (tertiary alicyclic amines) is 1. The van der Waals surface area contributed by atoms with Crippen molar-refractivity contribution in [1.82, 2.24) is 36.0 Å². The fourth-order valence-corrected chi connectivity index (χ4v) is 13.6. The summed E-state index contributed by atoms with van der Waals surface area (Å²) in [5.41, 5.74) is 6.06. The average molecular weight is 1460 g/mol. The molecule has 2 heterocycles. The largest absolute Gasteiger partial charge is 0.416 e. The molecule has 8 amide bonds. The molecule has 1 aromatic heterocycles. The zero-order chi connectivity index (χ0) is 77.4. The van der Waals surface area contributed by atoms with Gasteiger partial charge in [0.25, 0.3) is 0 Å². The third-order valence-corrected chi connectivity index (χ3v) is 19.6. The number of nitrogens with one attached hydrogen (secondary N) is 5. The molecule has 1 aliphatic heterocycles. The highest BCUT2D eigenvalue weighted by atomic mass is 19.2. The van der Waals surface area contributed by atoms with Crippen LogP contribution in [0.3, 0.4) is 0 Å².